The van der Waals surface area contributed by atoms with Crippen molar-refractivity contribution in [3.63, 3.8) is 0 Å². The zero-order valence-electron chi connectivity index (χ0n) is 31.1. The van der Waals surface area contributed by atoms with Crippen molar-refractivity contribution in [2.75, 3.05) is 44.9 Å². The molecule has 0 atom stereocenters. The third-order valence-corrected chi connectivity index (χ3v) is 12.3. The summed E-state index contributed by atoms with van der Waals surface area (Å²) in [5.74, 6) is 2.36. The van der Waals surface area contributed by atoms with E-state index in [2.05, 4.69) is 39.0 Å². The van der Waals surface area contributed by atoms with Crippen LogP contribution in [0.3, 0.4) is 0 Å². The van der Waals surface area contributed by atoms with Crippen LogP contribution in [0.2, 0.25) is 0 Å². The highest BCUT2D eigenvalue weighted by molar-refractivity contribution is 5.95. The van der Waals surface area contributed by atoms with Crippen LogP contribution in [0.4, 0.5) is 10.6 Å². The van der Waals surface area contributed by atoms with Crippen LogP contribution in [0, 0.1) is 18.3 Å². The number of pyridine rings is 1. The lowest BCUT2D eigenvalue weighted by Gasteiger charge is -2.55. The van der Waals surface area contributed by atoms with Crippen LogP contribution < -0.4 is 9.64 Å². The van der Waals surface area contributed by atoms with Gasteiger partial charge in [-0.15, -0.1) is 0 Å². The summed E-state index contributed by atoms with van der Waals surface area (Å²) in [7, 11) is 1.73. The fourth-order valence-electron chi connectivity index (χ4n) is 8.94. The van der Waals surface area contributed by atoms with Gasteiger partial charge < -0.3 is 28.6 Å². The smallest absolute Gasteiger partial charge is 0.410 e. The number of aromatic nitrogens is 2. The molecule has 1 saturated heterocycles. The van der Waals surface area contributed by atoms with E-state index in [1.165, 1.54) is 11.1 Å². The fraction of sp³-hybridized carbons (Fsp3) is 0.610. The molecule has 3 aromatic rings. The van der Waals surface area contributed by atoms with Gasteiger partial charge in [-0.25, -0.2) is 14.8 Å². The fourth-order valence-corrected chi connectivity index (χ4v) is 8.94. The summed E-state index contributed by atoms with van der Waals surface area (Å²) in [6.45, 7) is 8.06. The monoisotopic (exact) mass is 714 g/mol. The Morgan fingerprint density at radius 1 is 1.02 bits per heavy atom. The number of anilines is 1. The van der Waals surface area contributed by atoms with Crippen molar-refractivity contribution in [2.45, 2.75) is 109 Å². The molecule has 1 aliphatic heterocycles. The number of carbonyl (C=O) groups excluding carboxylic acids is 2. The SMILES string of the molecule is COc1ccc(C23CCC(CN(C(=O)C4CCC(OC(=O)N5CC(OCCO)C5)CC4)c4cc(-c5coc(C(C)C)n5)ccn4)(CC2)CC3)cc1C. The number of carbonyl (C=O) groups is 2. The third kappa shape index (κ3) is 7.44. The molecule has 0 unspecified atom stereocenters. The molecule has 280 valence electrons. The molecule has 1 aromatic carbocycles. The maximum absolute atomic E-state index is 14.7. The van der Waals surface area contributed by atoms with Crippen molar-refractivity contribution in [3.05, 3.63) is 59.8 Å². The summed E-state index contributed by atoms with van der Waals surface area (Å²) < 4.78 is 22.7. The first-order valence-corrected chi connectivity index (χ1v) is 19.2. The molecule has 5 fully saturated rings. The Morgan fingerprint density at radius 3 is 2.38 bits per heavy atom. The van der Waals surface area contributed by atoms with Crippen LogP contribution in [0.1, 0.15) is 101 Å². The van der Waals surface area contributed by atoms with E-state index in [0.717, 1.165) is 55.5 Å². The van der Waals surface area contributed by atoms with E-state index in [-0.39, 0.29) is 60.1 Å². The van der Waals surface area contributed by atoms with Crippen molar-refractivity contribution in [1.82, 2.24) is 14.9 Å². The second-order valence-electron chi connectivity index (χ2n) is 16.0. The lowest BCUT2D eigenvalue weighted by molar-refractivity contribution is -0.125. The Bertz CT molecular complexity index is 1700. The molecule has 0 spiro atoms. The van der Waals surface area contributed by atoms with Crippen LogP contribution in [-0.2, 0) is 19.7 Å². The zero-order valence-corrected chi connectivity index (χ0v) is 31.1. The molecule has 11 heteroatoms. The summed E-state index contributed by atoms with van der Waals surface area (Å²) in [4.78, 5) is 40.6. The lowest BCUT2D eigenvalue weighted by atomic mass is 9.51. The van der Waals surface area contributed by atoms with Crippen molar-refractivity contribution < 1.29 is 33.3 Å². The van der Waals surface area contributed by atoms with Gasteiger partial charge in [0.25, 0.3) is 0 Å². The van der Waals surface area contributed by atoms with Crippen LogP contribution in [-0.4, -0.2) is 84.1 Å². The predicted molar refractivity (Wildman–Crippen MR) is 196 cm³/mol. The summed E-state index contributed by atoms with van der Waals surface area (Å²) in [5.41, 5.74) is 4.40. The van der Waals surface area contributed by atoms with E-state index in [1.807, 2.05) is 17.0 Å². The average Bonchev–Trinajstić information content (AvgIpc) is 3.65. The highest BCUT2D eigenvalue weighted by Crippen LogP contribution is 2.58. The minimum absolute atomic E-state index is 0.0258. The van der Waals surface area contributed by atoms with Crippen LogP contribution in [0.15, 0.2) is 47.2 Å². The maximum Gasteiger partial charge on any atom is 0.410 e. The zero-order chi connectivity index (χ0) is 36.5. The summed E-state index contributed by atoms with van der Waals surface area (Å²) in [6.07, 6.45) is 12.0. The van der Waals surface area contributed by atoms with Gasteiger partial charge in [0.15, 0.2) is 5.89 Å². The Morgan fingerprint density at radius 2 is 1.75 bits per heavy atom. The first kappa shape index (κ1) is 36.4. The topological polar surface area (TPSA) is 127 Å². The Hall–Kier alpha value is -3.96. The number of fused-ring (bicyclic) bond motifs is 3. The Balaban J connectivity index is 1.06. The Kier molecular flexibility index (Phi) is 10.6. The van der Waals surface area contributed by atoms with Crippen LogP contribution in [0.25, 0.3) is 11.3 Å². The predicted octanol–water partition coefficient (Wildman–Crippen LogP) is 7.19. The molecule has 2 aromatic heterocycles. The van der Waals surface area contributed by atoms with Gasteiger partial charge in [-0.2, -0.15) is 0 Å². The van der Waals surface area contributed by atoms with Gasteiger partial charge in [0.1, 0.15) is 29.6 Å². The lowest BCUT2D eigenvalue weighted by Crippen LogP contribution is -2.55. The van der Waals surface area contributed by atoms with Crippen LogP contribution in [0.5, 0.6) is 5.75 Å². The number of rotatable bonds is 12. The van der Waals surface area contributed by atoms with E-state index >= 15 is 0 Å². The van der Waals surface area contributed by atoms with Crippen molar-refractivity contribution >= 4 is 17.8 Å². The number of benzene rings is 1. The molecule has 2 amide bonds. The second-order valence-corrected chi connectivity index (χ2v) is 16.0. The molecule has 11 nitrogen and oxygen atoms in total. The standard InChI is InChI=1S/C41H54N4O7/c1-27(2)37-43-34(25-51-37)30-11-18-42-36(22-30)45(26-40-12-15-41(16-13-40,17-14-40)31-7-10-35(49-4)28(3)21-31)38(47)29-5-8-32(9-6-29)52-39(48)44-23-33(24-44)50-20-19-46/h7,10-11,18,21-22,25,27,29,32-33,46H,5-6,8-9,12-17,19-20,23-24,26H2,1-4H3. The molecular formula is C41H54N4O7. The first-order valence-electron chi connectivity index (χ1n) is 19.2. The van der Waals surface area contributed by atoms with Gasteiger partial charge in [-0.05, 0) is 111 Å². The number of aryl methyl sites for hydroxylation is 1. The molecule has 3 heterocycles. The number of hydrogen-bond acceptors (Lipinski definition) is 9. The normalized spacial score (nSPS) is 25.9. The number of aliphatic hydroxyl groups excluding tert-OH is 1. The molecule has 0 radical (unpaired) electrons. The number of aliphatic hydroxyl groups is 1. The van der Waals surface area contributed by atoms with Gasteiger partial charge in [0, 0.05) is 30.1 Å². The first-order chi connectivity index (χ1) is 25.1. The quantitative estimate of drug-likeness (QED) is 0.207. The number of likely N-dealkylation sites (tertiary alicyclic amines) is 1. The second kappa shape index (κ2) is 15.2. The molecule has 4 saturated carbocycles. The van der Waals surface area contributed by atoms with E-state index in [4.69, 9.17) is 33.7 Å². The van der Waals surface area contributed by atoms with Crippen molar-refractivity contribution in [3.8, 4) is 17.0 Å². The molecule has 1 N–H and O–H groups in total. The number of nitrogens with zero attached hydrogens (tertiary/aromatic N) is 4. The molecule has 4 aliphatic carbocycles. The number of oxazole rings is 1. The number of hydrogen-bond donors (Lipinski definition) is 1. The summed E-state index contributed by atoms with van der Waals surface area (Å²) in [6, 6.07) is 10.6. The molecule has 8 rings (SSSR count). The minimum atomic E-state index is -0.329. The Labute approximate surface area is 307 Å². The number of methoxy groups -OCH3 is 1. The van der Waals surface area contributed by atoms with Crippen molar-refractivity contribution in [2.24, 2.45) is 11.3 Å². The number of ether oxygens (including phenoxy) is 3. The number of amides is 2. The highest BCUT2D eigenvalue weighted by Gasteiger charge is 2.51. The van der Waals surface area contributed by atoms with Gasteiger partial charge >= 0.3 is 6.09 Å². The minimum Gasteiger partial charge on any atom is -0.496 e. The van der Waals surface area contributed by atoms with Gasteiger partial charge in [-0.1, -0.05) is 26.0 Å². The van der Waals surface area contributed by atoms with E-state index in [0.29, 0.717) is 57.0 Å². The van der Waals surface area contributed by atoms with Gasteiger partial charge in [0.05, 0.1) is 39.5 Å². The largest absolute Gasteiger partial charge is 0.496 e. The summed E-state index contributed by atoms with van der Waals surface area (Å²) in [5, 5.41) is 8.97. The van der Waals surface area contributed by atoms with Gasteiger partial charge in [0.2, 0.25) is 5.91 Å². The molecular weight excluding hydrogens is 660 g/mol. The summed E-state index contributed by atoms with van der Waals surface area (Å²) >= 11 is 0. The van der Waals surface area contributed by atoms with Gasteiger partial charge in [-0.3, -0.25) is 9.69 Å². The van der Waals surface area contributed by atoms with Crippen LogP contribution >= 0.6 is 0 Å². The van der Waals surface area contributed by atoms with E-state index < -0.39 is 0 Å². The molecule has 52 heavy (non-hydrogen) atoms. The maximum atomic E-state index is 14.7. The highest BCUT2D eigenvalue weighted by atomic mass is 16.6. The van der Waals surface area contributed by atoms with Crippen molar-refractivity contribution in [1.29, 1.82) is 0 Å². The van der Waals surface area contributed by atoms with E-state index in [1.54, 1.807) is 24.5 Å². The third-order valence-electron chi connectivity index (χ3n) is 12.3. The molecule has 5 aliphatic rings. The molecule has 2 bridgehead atoms. The van der Waals surface area contributed by atoms with E-state index in [9.17, 15) is 9.59 Å². The average molecular weight is 715 g/mol.